The van der Waals surface area contributed by atoms with Crippen molar-refractivity contribution in [1.29, 1.82) is 0 Å². The van der Waals surface area contributed by atoms with Gasteiger partial charge in [0.25, 0.3) is 5.91 Å². The van der Waals surface area contributed by atoms with Crippen molar-refractivity contribution in [3.8, 4) is 0 Å². The maximum atomic E-state index is 12.5. The molecule has 1 saturated heterocycles. The molecule has 0 saturated carbocycles. The fraction of sp³-hybridized carbons (Fsp3) is 0.368. The first-order valence-corrected chi connectivity index (χ1v) is 8.37. The summed E-state index contributed by atoms with van der Waals surface area (Å²) in [5, 5.41) is 0. The van der Waals surface area contributed by atoms with Crippen molar-refractivity contribution < 1.29 is 4.79 Å². The van der Waals surface area contributed by atoms with Gasteiger partial charge in [0.15, 0.2) is 0 Å². The average Bonchev–Trinajstić information content (AvgIpc) is 2.64. The van der Waals surface area contributed by atoms with E-state index in [0.717, 1.165) is 44.0 Å². The first-order chi connectivity index (χ1) is 11.3. The number of para-hydroxylation sites is 1. The summed E-state index contributed by atoms with van der Waals surface area (Å²) in [5.74, 6) is 0.973. The van der Waals surface area contributed by atoms with Crippen LogP contribution >= 0.6 is 0 Å². The lowest BCUT2D eigenvalue weighted by molar-refractivity contribution is 0.0724. The smallest absolute Gasteiger partial charge is 0.255 e. The van der Waals surface area contributed by atoms with Crippen molar-refractivity contribution in [3.63, 3.8) is 0 Å². The van der Waals surface area contributed by atoms with Gasteiger partial charge in [0.2, 0.25) is 0 Å². The molecule has 120 valence electrons. The number of hydrogen-bond donors (Lipinski definition) is 0. The molecule has 1 aliphatic rings. The molecule has 0 bridgehead atoms. The van der Waals surface area contributed by atoms with Gasteiger partial charge in [-0.15, -0.1) is 0 Å². The van der Waals surface area contributed by atoms with Gasteiger partial charge in [-0.3, -0.25) is 4.79 Å². The zero-order valence-corrected chi connectivity index (χ0v) is 13.6. The highest BCUT2D eigenvalue weighted by molar-refractivity contribution is 5.94. The zero-order chi connectivity index (χ0) is 16.1. The van der Waals surface area contributed by atoms with E-state index in [2.05, 4.69) is 28.9 Å². The lowest BCUT2D eigenvalue weighted by Gasteiger charge is -2.27. The molecule has 1 amide bonds. The summed E-state index contributed by atoms with van der Waals surface area (Å²) >= 11 is 0. The summed E-state index contributed by atoms with van der Waals surface area (Å²) in [6.07, 6.45) is 5.14. The minimum Gasteiger partial charge on any atom is -0.339 e. The number of likely N-dealkylation sites (tertiary alicyclic amines) is 1. The van der Waals surface area contributed by atoms with Gasteiger partial charge in [-0.1, -0.05) is 18.2 Å². The highest BCUT2D eigenvalue weighted by Crippen LogP contribution is 2.23. The molecule has 4 heteroatoms. The topological polar surface area (TPSA) is 36.4 Å². The summed E-state index contributed by atoms with van der Waals surface area (Å²) < 4.78 is 0. The largest absolute Gasteiger partial charge is 0.339 e. The molecule has 23 heavy (non-hydrogen) atoms. The van der Waals surface area contributed by atoms with Crippen LogP contribution in [0.4, 0.5) is 11.5 Å². The Labute approximate surface area is 137 Å². The van der Waals surface area contributed by atoms with Crippen LogP contribution in [0.3, 0.4) is 0 Å². The van der Waals surface area contributed by atoms with Crippen LogP contribution in [-0.4, -0.2) is 35.4 Å². The Morgan fingerprint density at radius 1 is 1.09 bits per heavy atom. The van der Waals surface area contributed by atoms with E-state index in [1.54, 1.807) is 6.20 Å². The molecule has 4 nitrogen and oxygen atoms in total. The van der Waals surface area contributed by atoms with E-state index < -0.39 is 0 Å². The second-order valence-electron chi connectivity index (χ2n) is 5.84. The fourth-order valence-corrected chi connectivity index (χ4v) is 3.04. The van der Waals surface area contributed by atoms with Crippen LogP contribution in [0.15, 0.2) is 48.7 Å². The molecule has 0 aliphatic carbocycles. The Balaban J connectivity index is 1.77. The number of amides is 1. The molecular formula is C19H23N3O. The minimum absolute atomic E-state index is 0.103. The van der Waals surface area contributed by atoms with E-state index in [9.17, 15) is 4.79 Å². The second-order valence-corrected chi connectivity index (χ2v) is 5.84. The van der Waals surface area contributed by atoms with Gasteiger partial charge < -0.3 is 9.80 Å². The molecule has 1 aliphatic heterocycles. The summed E-state index contributed by atoms with van der Waals surface area (Å²) in [4.78, 5) is 21.1. The van der Waals surface area contributed by atoms with Crippen molar-refractivity contribution in [3.05, 3.63) is 54.2 Å². The van der Waals surface area contributed by atoms with Gasteiger partial charge in [0.1, 0.15) is 5.82 Å². The molecule has 0 N–H and O–H groups in total. The van der Waals surface area contributed by atoms with Crippen molar-refractivity contribution in [1.82, 2.24) is 9.88 Å². The number of piperidine rings is 1. The Morgan fingerprint density at radius 2 is 1.83 bits per heavy atom. The average molecular weight is 309 g/mol. The summed E-state index contributed by atoms with van der Waals surface area (Å²) in [5.41, 5.74) is 1.79. The number of carbonyl (C=O) groups is 1. The highest BCUT2D eigenvalue weighted by atomic mass is 16.2. The number of aromatic nitrogens is 1. The number of carbonyl (C=O) groups excluding carboxylic acids is 1. The maximum Gasteiger partial charge on any atom is 0.255 e. The van der Waals surface area contributed by atoms with Gasteiger partial charge in [0, 0.05) is 31.5 Å². The second kappa shape index (κ2) is 7.27. The predicted molar refractivity (Wildman–Crippen MR) is 93.1 cm³/mol. The third-order valence-corrected chi connectivity index (χ3v) is 4.30. The maximum absolute atomic E-state index is 12.5. The molecule has 1 fully saturated rings. The molecule has 1 aromatic carbocycles. The Morgan fingerprint density at radius 3 is 2.43 bits per heavy atom. The van der Waals surface area contributed by atoms with E-state index in [4.69, 9.17) is 0 Å². The number of pyridine rings is 1. The molecule has 3 rings (SSSR count). The Hall–Kier alpha value is -2.36. The standard InChI is InChI=1S/C19H23N3O/c1-2-22(17-9-5-3-6-10-17)18-12-11-16(15-20-18)19(23)21-13-7-4-8-14-21/h3,5-6,9-12,15H,2,4,7-8,13-14H2,1H3. The fourth-order valence-electron chi connectivity index (χ4n) is 3.04. The lowest BCUT2D eigenvalue weighted by Crippen LogP contribution is -2.35. The van der Waals surface area contributed by atoms with Crippen LogP contribution in [0.2, 0.25) is 0 Å². The van der Waals surface area contributed by atoms with Crippen molar-refractivity contribution in [2.24, 2.45) is 0 Å². The van der Waals surface area contributed by atoms with E-state index in [1.165, 1.54) is 6.42 Å². The summed E-state index contributed by atoms with van der Waals surface area (Å²) in [7, 11) is 0. The van der Waals surface area contributed by atoms with E-state index in [-0.39, 0.29) is 5.91 Å². The number of rotatable bonds is 4. The zero-order valence-electron chi connectivity index (χ0n) is 13.6. The number of hydrogen-bond acceptors (Lipinski definition) is 3. The quantitative estimate of drug-likeness (QED) is 0.860. The van der Waals surface area contributed by atoms with Crippen molar-refractivity contribution in [2.45, 2.75) is 26.2 Å². The molecule has 0 atom stereocenters. The Kier molecular flexibility index (Phi) is 4.91. The van der Waals surface area contributed by atoms with E-state index >= 15 is 0 Å². The normalized spacial score (nSPS) is 14.6. The van der Waals surface area contributed by atoms with Crippen LogP contribution in [0, 0.1) is 0 Å². The minimum atomic E-state index is 0.103. The van der Waals surface area contributed by atoms with Gasteiger partial charge in [-0.25, -0.2) is 4.98 Å². The van der Waals surface area contributed by atoms with E-state index in [1.807, 2.05) is 35.2 Å². The monoisotopic (exact) mass is 309 g/mol. The van der Waals surface area contributed by atoms with Gasteiger partial charge >= 0.3 is 0 Å². The first kappa shape index (κ1) is 15.5. The Bertz CT molecular complexity index is 633. The molecule has 2 aromatic rings. The van der Waals surface area contributed by atoms with Gasteiger partial charge in [-0.05, 0) is 50.5 Å². The van der Waals surface area contributed by atoms with Crippen molar-refractivity contribution in [2.75, 3.05) is 24.5 Å². The molecule has 0 spiro atoms. The molecule has 0 unspecified atom stereocenters. The third-order valence-electron chi connectivity index (χ3n) is 4.30. The summed E-state index contributed by atoms with van der Waals surface area (Å²) in [6, 6.07) is 14.0. The first-order valence-electron chi connectivity index (χ1n) is 8.37. The number of benzene rings is 1. The predicted octanol–water partition coefficient (Wildman–Crippen LogP) is 3.87. The molecule has 1 aromatic heterocycles. The third kappa shape index (κ3) is 3.52. The molecular weight excluding hydrogens is 286 g/mol. The highest BCUT2D eigenvalue weighted by Gasteiger charge is 2.18. The van der Waals surface area contributed by atoms with Crippen LogP contribution in [0.5, 0.6) is 0 Å². The van der Waals surface area contributed by atoms with Crippen LogP contribution in [0.1, 0.15) is 36.5 Å². The lowest BCUT2D eigenvalue weighted by atomic mass is 10.1. The van der Waals surface area contributed by atoms with Crippen LogP contribution < -0.4 is 4.90 Å². The summed E-state index contributed by atoms with van der Waals surface area (Å²) in [6.45, 7) is 4.66. The van der Waals surface area contributed by atoms with Gasteiger partial charge in [-0.2, -0.15) is 0 Å². The van der Waals surface area contributed by atoms with Crippen LogP contribution in [0.25, 0.3) is 0 Å². The van der Waals surface area contributed by atoms with Crippen LogP contribution in [-0.2, 0) is 0 Å². The number of nitrogens with zero attached hydrogens (tertiary/aromatic N) is 3. The SMILES string of the molecule is CCN(c1ccccc1)c1ccc(C(=O)N2CCCCC2)cn1. The molecule has 2 heterocycles. The molecule has 0 radical (unpaired) electrons. The number of anilines is 2. The van der Waals surface area contributed by atoms with Crippen molar-refractivity contribution >= 4 is 17.4 Å². The van der Waals surface area contributed by atoms with E-state index in [0.29, 0.717) is 5.56 Å². The van der Waals surface area contributed by atoms with Gasteiger partial charge in [0.05, 0.1) is 5.56 Å².